The standard InChI is InChI=1S/C11H22N2O/c1-3-10(12)11(14)13(2)8-9-6-4-5-7-9/h9-10H,3-8,12H2,1-2H3. The van der Waals surface area contributed by atoms with Crippen LogP contribution in [0.2, 0.25) is 0 Å². The van der Waals surface area contributed by atoms with Gasteiger partial charge >= 0.3 is 0 Å². The highest BCUT2D eigenvalue weighted by Gasteiger charge is 2.21. The van der Waals surface area contributed by atoms with Gasteiger partial charge in [-0.3, -0.25) is 4.79 Å². The van der Waals surface area contributed by atoms with Crippen molar-refractivity contribution in [3.63, 3.8) is 0 Å². The van der Waals surface area contributed by atoms with Crippen LogP contribution in [0.1, 0.15) is 39.0 Å². The molecule has 0 aliphatic heterocycles. The van der Waals surface area contributed by atoms with Gasteiger partial charge in [-0.2, -0.15) is 0 Å². The molecule has 0 aromatic rings. The molecule has 1 fully saturated rings. The topological polar surface area (TPSA) is 46.3 Å². The van der Waals surface area contributed by atoms with Crippen LogP contribution in [-0.4, -0.2) is 30.4 Å². The van der Waals surface area contributed by atoms with Crippen LogP contribution < -0.4 is 5.73 Å². The number of likely N-dealkylation sites (N-methyl/N-ethyl adjacent to an activating group) is 1. The highest BCUT2D eigenvalue weighted by atomic mass is 16.2. The summed E-state index contributed by atoms with van der Waals surface area (Å²) >= 11 is 0. The van der Waals surface area contributed by atoms with Crippen LogP contribution >= 0.6 is 0 Å². The van der Waals surface area contributed by atoms with Gasteiger partial charge in [0.05, 0.1) is 6.04 Å². The lowest BCUT2D eigenvalue weighted by molar-refractivity contribution is -0.131. The molecule has 1 aliphatic carbocycles. The van der Waals surface area contributed by atoms with Crippen molar-refractivity contribution < 1.29 is 4.79 Å². The lowest BCUT2D eigenvalue weighted by atomic mass is 10.1. The Morgan fingerprint density at radius 3 is 2.57 bits per heavy atom. The second kappa shape index (κ2) is 5.35. The molecule has 14 heavy (non-hydrogen) atoms. The van der Waals surface area contributed by atoms with Gasteiger partial charge < -0.3 is 10.6 Å². The average molecular weight is 198 g/mol. The average Bonchev–Trinajstić information content (AvgIpc) is 2.68. The molecule has 1 aliphatic rings. The van der Waals surface area contributed by atoms with Crippen molar-refractivity contribution in [3.05, 3.63) is 0 Å². The molecule has 3 nitrogen and oxygen atoms in total. The minimum Gasteiger partial charge on any atom is -0.344 e. The van der Waals surface area contributed by atoms with E-state index in [1.54, 1.807) is 0 Å². The summed E-state index contributed by atoms with van der Waals surface area (Å²) in [6, 6.07) is -0.304. The predicted octanol–water partition coefficient (Wildman–Crippen LogP) is 1.37. The van der Waals surface area contributed by atoms with Crippen molar-refractivity contribution in [2.24, 2.45) is 11.7 Å². The molecule has 0 heterocycles. The number of carbonyl (C=O) groups is 1. The van der Waals surface area contributed by atoms with E-state index in [0.717, 1.165) is 13.0 Å². The monoisotopic (exact) mass is 198 g/mol. The van der Waals surface area contributed by atoms with E-state index >= 15 is 0 Å². The van der Waals surface area contributed by atoms with Gasteiger partial charge in [0.15, 0.2) is 0 Å². The number of carbonyl (C=O) groups excluding carboxylic acids is 1. The number of amides is 1. The number of nitrogens with two attached hydrogens (primary N) is 1. The van der Waals surface area contributed by atoms with E-state index in [0.29, 0.717) is 5.92 Å². The fraction of sp³-hybridized carbons (Fsp3) is 0.909. The molecular formula is C11H22N2O. The second-order valence-corrected chi connectivity index (χ2v) is 4.38. The number of hydrogen-bond donors (Lipinski definition) is 1. The Bertz CT molecular complexity index is 188. The van der Waals surface area contributed by atoms with E-state index in [1.807, 2.05) is 18.9 Å². The van der Waals surface area contributed by atoms with Crippen molar-refractivity contribution in [2.75, 3.05) is 13.6 Å². The summed E-state index contributed by atoms with van der Waals surface area (Å²) in [5.41, 5.74) is 5.70. The zero-order valence-electron chi connectivity index (χ0n) is 9.33. The highest BCUT2D eigenvalue weighted by molar-refractivity contribution is 5.81. The minimum absolute atomic E-state index is 0.0967. The third-order valence-electron chi connectivity index (χ3n) is 3.14. The zero-order valence-corrected chi connectivity index (χ0v) is 9.33. The molecule has 3 heteroatoms. The lowest BCUT2D eigenvalue weighted by Crippen LogP contribution is -2.42. The molecule has 82 valence electrons. The van der Waals surface area contributed by atoms with E-state index in [1.165, 1.54) is 25.7 Å². The molecule has 1 atom stereocenters. The Morgan fingerprint density at radius 1 is 1.50 bits per heavy atom. The first-order valence-corrected chi connectivity index (χ1v) is 5.65. The van der Waals surface area contributed by atoms with Gasteiger partial charge in [0.1, 0.15) is 0 Å². The molecule has 2 N–H and O–H groups in total. The summed E-state index contributed by atoms with van der Waals surface area (Å²) in [7, 11) is 1.87. The minimum atomic E-state index is -0.304. The molecule has 0 spiro atoms. The maximum atomic E-state index is 11.7. The molecule has 0 aromatic carbocycles. The molecular weight excluding hydrogens is 176 g/mol. The molecule has 0 aromatic heterocycles. The van der Waals surface area contributed by atoms with Gasteiger partial charge in [-0.25, -0.2) is 0 Å². The molecule has 1 saturated carbocycles. The van der Waals surface area contributed by atoms with Gasteiger partial charge in [-0.15, -0.1) is 0 Å². The van der Waals surface area contributed by atoms with Crippen molar-refractivity contribution >= 4 is 5.91 Å². The third-order valence-corrected chi connectivity index (χ3v) is 3.14. The van der Waals surface area contributed by atoms with E-state index in [2.05, 4.69) is 0 Å². The van der Waals surface area contributed by atoms with Gasteiger partial charge in [0.2, 0.25) is 5.91 Å². The van der Waals surface area contributed by atoms with E-state index in [-0.39, 0.29) is 11.9 Å². The van der Waals surface area contributed by atoms with Crippen LogP contribution in [0.15, 0.2) is 0 Å². The van der Waals surface area contributed by atoms with Crippen LogP contribution in [-0.2, 0) is 4.79 Å². The van der Waals surface area contributed by atoms with Crippen molar-refractivity contribution in [1.29, 1.82) is 0 Å². The summed E-state index contributed by atoms with van der Waals surface area (Å²) in [6.07, 6.45) is 5.94. The third kappa shape index (κ3) is 2.98. The Labute approximate surface area is 86.6 Å². The smallest absolute Gasteiger partial charge is 0.239 e. The first-order valence-electron chi connectivity index (χ1n) is 5.65. The molecule has 1 amide bonds. The molecule has 0 saturated heterocycles. The fourth-order valence-electron chi connectivity index (χ4n) is 2.13. The normalized spacial score (nSPS) is 19.6. The SMILES string of the molecule is CCC(N)C(=O)N(C)CC1CCCC1. The second-order valence-electron chi connectivity index (χ2n) is 4.38. The Morgan fingerprint density at radius 2 is 2.07 bits per heavy atom. The predicted molar refractivity (Wildman–Crippen MR) is 57.9 cm³/mol. The van der Waals surface area contributed by atoms with Gasteiger partial charge in [0, 0.05) is 13.6 Å². The van der Waals surface area contributed by atoms with Gasteiger partial charge in [-0.1, -0.05) is 19.8 Å². The van der Waals surface area contributed by atoms with Crippen LogP contribution in [0.25, 0.3) is 0 Å². The zero-order chi connectivity index (χ0) is 10.6. The first kappa shape index (κ1) is 11.5. The van der Waals surface area contributed by atoms with E-state index in [4.69, 9.17) is 5.73 Å². The van der Waals surface area contributed by atoms with Crippen LogP contribution in [0.5, 0.6) is 0 Å². The summed E-state index contributed by atoms with van der Waals surface area (Å²) < 4.78 is 0. The van der Waals surface area contributed by atoms with Crippen LogP contribution in [0.4, 0.5) is 0 Å². The molecule has 1 unspecified atom stereocenters. The quantitative estimate of drug-likeness (QED) is 0.741. The summed E-state index contributed by atoms with van der Waals surface area (Å²) in [5, 5.41) is 0. The largest absolute Gasteiger partial charge is 0.344 e. The van der Waals surface area contributed by atoms with E-state index < -0.39 is 0 Å². The molecule has 1 rings (SSSR count). The molecule has 0 bridgehead atoms. The lowest BCUT2D eigenvalue weighted by Gasteiger charge is -2.23. The number of hydrogen-bond acceptors (Lipinski definition) is 2. The summed E-state index contributed by atoms with van der Waals surface area (Å²) in [5.74, 6) is 0.812. The number of nitrogens with zero attached hydrogens (tertiary/aromatic N) is 1. The van der Waals surface area contributed by atoms with E-state index in [9.17, 15) is 4.79 Å². The highest BCUT2D eigenvalue weighted by Crippen LogP contribution is 2.25. The Balaban J connectivity index is 2.32. The first-order chi connectivity index (χ1) is 6.65. The van der Waals surface area contributed by atoms with Crippen LogP contribution in [0.3, 0.4) is 0 Å². The Hall–Kier alpha value is -0.570. The Kier molecular flexibility index (Phi) is 4.39. The maximum Gasteiger partial charge on any atom is 0.239 e. The van der Waals surface area contributed by atoms with Crippen molar-refractivity contribution in [2.45, 2.75) is 45.1 Å². The van der Waals surface area contributed by atoms with Gasteiger partial charge in [0.25, 0.3) is 0 Å². The van der Waals surface area contributed by atoms with Crippen molar-refractivity contribution in [3.8, 4) is 0 Å². The maximum absolute atomic E-state index is 11.7. The fourth-order valence-corrected chi connectivity index (χ4v) is 2.13. The summed E-state index contributed by atoms with van der Waals surface area (Å²) in [6.45, 7) is 2.85. The van der Waals surface area contributed by atoms with Crippen LogP contribution in [0, 0.1) is 5.92 Å². The molecule has 0 radical (unpaired) electrons. The van der Waals surface area contributed by atoms with Gasteiger partial charge in [-0.05, 0) is 25.2 Å². The van der Waals surface area contributed by atoms with Crippen molar-refractivity contribution in [1.82, 2.24) is 4.90 Å². The number of rotatable bonds is 4. The summed E-state index contributed by atoms with van der Waals surface area (Å²) in [4.78, 5) is 13.5.